The third-order valence-corrected chi connectivity index (χ3v) is 7.66. The Balaban J connectivity index is 2.64. The molecule has 0 bridgehead atoms. The van der Waals surface area contributed by atoms with Gasteiger partial charge < -0.3 is 9.47 Å². The van der Waals surface area contributed by atoms with E-state index in [1.165, 1.54) is 44.6 Å². The van der Waals surface area contributed by atoms with Crippen LogP contribution in [0.5, 0.6) is 0 Å². The van der Waals surface area contributed by atoms with E-state index in [2.05, 4.69) is 166 Å². The molecule has 2 atom stereocenters. The van der Waals surface area contributed by atoms with Crippen LogP contribution in [-0.4, -0.2) is 26.4 Å². The summed E-state index contributed by atoms with van der Waals surface area (Å²) in [7, 11) is 3.59. The Morgan fingerprint density at radius 1 is 0.727 bits per heavy atom. The summed E-state index contributed by atoms with van der Waals surface area (Å²) in [6, 6.07) is 0. The molecule has 44 heavy (non-hydrogen) atoms. The number of hydrogen-bond acceptors (Lipinski definition) is 2. The highest BCUT2D eigenvalue weighted by molar-refractivity contribution is 5.38. The maximum absolute atomic E-state index is 5.65. The second-order valence-electron chi connectivity index (χ2n) is 13.0. The van der Waals surface area contributed by atoms with E-state index in [1.54, 1.807) is 7.11 Å². The highest BCUT2D eigenvalue weighted by Crippen LogP contribution is 2.41. The zero-order valence-corrected chi connectivity index (χ0v) is 29.8. The van der Waals surface area contributed by atoms with Crippen LogP contribution in [-0.2, 0) is 9.47 Å². The van der Waals surface area contributed by atoms with Crippen molar-refractivity contribution in [2.24, 2.45) is 5.41 Å². The standard InChI is InChI=1S/C42H60O2/c1-32(2)28-39(43-11)29-37(7)25-17-23-35(5)22-15-20-33(3)18-13-14-19-34(4)21-16-24-36(6)26-27-41-38(8)30-40(44-12)31-42(41,9)10/h13-28,39-40H,29-31H2,1-12H3/b14-13+,20-15+,21-16+,23-17+,27-26+,33-18+,34-19+,35-22+,36-24+,37-25+. The predicted molar refractivity (Wildman–Crippen MR) is 196 cm³/mol. The highest BCUT2D eigenvalue weighted by Gasteiger charge is 2.32. The molecular weight excluding hydrogens is 536 g/mol. The first kappa shape index (κ1) is 38.8. The summed E-state index contributed by atoms with van der Waals surface area (Å²) < 4.78 is 11.2. The Bertz CT molecular complexity index is 1280. The van der Waals surface area contributed by atoms with Crippen LogP contribution >= 0.6 is 0 Å². The van der Waals surface area contributed by atoms with Gasteiger partial charge in [0.25, 0.3) is 0 Å². The number of hydrogen-bond donors (Lipinski definition) is 0. The Kier molecular flexibility index (Phi) is 18.3. The van der Waals surface area contributed by atoms with E-state index < -0.39 is 0 Å². The van der Waals surface area contributed by atoms with E-state index in [-0.39, 0.29) is 11.5 Å². The van der Waals surface area contributed by atoms with Crippen molar-refractivity contribution >= 4 is 0 Å². The molecular formula is C42H60O2. The van der Waals surface area contributed by atoms with Gasteiger partial charge in [0, 0.05) is 14.2 Å². The van der Waals surface area contributed by atoms with Crippen molar-refractivity contribution < 1.29 is 9.47 Å². The molecule has 0 aliphatic heterocycles. The summed E-state index contributed by atoms with van der Waals surface area (Å²) in [6.07, 6.45) is 37.8. The molecule has 240 valence electrons. The molecule has 0 saturated carbocycles. The Morgan fingerprint density at radius 2 is 1.20 bits per heavy atom. The number of methoxy groups -OCH3 is 2. The SMILES string of the molecule is COC(C=C(C)C)C/C(C)=C/C=C/C(C)=C/C=C/C(C)=C/C=C/C=C(C)/C=C/C=C(C)/C=C/C1=C(C)CC(OC)CC1(C)C. The molecule has 0 heterocycles. The minimum atomic E-state index is 0.133. The molecule has 0 amide bonds. The van der Waals surface area contributed by atoms with Gasteiger partial charge in [-0.3, -0.25) is 0 Å². The molecule has 0 saturated heterocycles. The largest absolute Gasteiger partial charge is 0.381 e. The smallest absolute Gasteiger partial charge is 0.0791 e. The quantitative estimate of drug-likeness (QED) is 0.138. The normalized spacial score (nSPS) is 20.4. The maximum Gasteiger partial charge on any atom is 0.0791 e. The lowest BCUT2D eigenvalue weighted by Gasteiger charge is -2.37. The van der Waals surface area contributed by atoms with E-state index in [1.807, 2.05) is 7.11 Å². The maximum atomic E-state index is 5.65. The van der Waals surface area contributed by atoms with Crippen LogP contribution < -0.4 is 0 Å². The van der Waals surface area contributed by atoms with Gasteiger partial charge in [0.2, 0.25) is 0 Å². The molecule has 1 aliphatic rings. The highest BCUT2D eigenvalue weighted by atomic mass is 16.5. The summed E-state index contributed by atoms with van der Waals surface area (Å²) >= 11 is 0. The first-order chi connectivity index (χ1) is 20.8. The van der Waals surface area contributed by atoms with E-state index in [0.29, 0.717) is 6.10 Å². The van der Waals surface area contributed by atoms with Gasteiger partial charge in [0.1, 0.15) is 0 Å². The third-order valence-electron chi connectivity index (χ3n) is 7.66. The Hall–Kier alpha value is -3.20. The second kappa shape index (κ2) is 20.7. The fraction of sp³-hybridized carbons (Fsp3) is 0.429. The van der Waals surface area contributed by atoms with Crippen molar-refractivity contribution in [2.75, 3.05) is 14.2 Å². The summed E-state index contributed by atoms with van der Waals surface area (Å²) in [5, 5.41) is 0. The van der Waals surface area contributed by atoms with Crippen LogP contribution in [0.15, 0.2) is 142 Å². The first-order valence-electron chi connectivity index (χ1n) is 15.9. The average molecular weight is 597 g/mol. The number of allylic oxidation sites excluding steroid dienone is 21. The molecule has 0 fully saturated rings. The zero-order chi connectivity index (χ0) is 33.1. The molecule has 2 nitrogen and oxygen atoms in total. The molecule has 0 spiro atoms. The van der Waals surface area contributed by atoms with Crippen molar-refractivity contribution in [1.82, 2.24) is 0 Å². The summed E-state index contributed by atoms with van der Waals surface area (Å²) in [5.41, 5.74) is 10.4. The van der Waals surface area contributed by atoms with Crippen LogP contribution in [0.3, 0.4) is 0 Å². The van der Waals surface area contributed by atoms with Gasteiger partial charge in [-0.05, 0) is 85.6 Å². The van der Waals surface area contributed by atoms with E-state index in [4.69, 9.17) is 9.47 Å². The molecule has 0 radical (unpaired) electrons. The van der Waals surface area contributed by atoms with Gasteiger partial charge in [-0.15, -0.1) is 0 Å². The first-order valence-corrected chi connectivity index (χ1v) is 15.9. The second-order valence-corrected chi connectivity index (χ2v) is 13.0. The molecule has 1 aliphatic carbocycles. The van der Waals surface area contributed by atoms with Crippen LogP contribution in [0.1, 0.15) is 88.5 Å². The predicted octanol–water partition coefficient (Wildman–Crippen LogP) is 12.0. The molecule has 2 heteroatoms. The van der Waals surface area contributed by atoms with Crippen molar-refractivity contribution in [2.45, 2.75) is 101 Å². The monoisotopic (exact) mass is 596 g/mol. The Labute approximate surface area is 271 Å². The van der Waals surface area contributed by atoms with Crippen LogP contribution in [0, 0.1) is 5.41 Å². The van der Waals surface area contributed by atoms with Crippen LogP contribution in [0.25, 0.3) is 0 Å². The van der Waals surface area contributed by atoms with Crippen molar-refractivity contribution in [3.63, 3.8) is 0 Å². The lowest BCUT2D eigenvalue weighted by atomic mass is 9.71. The van der Waals surface area contributed by atoms with Crippen LogP contribution in [0.4, 0.5) is 0 Å². The summed E-state index contributed by atoms with van der Waals surface area (Å²) in [4.78, 5) is 0. The minimum absolute atomic E-state index is 0.133. The summed E-state index contributed by atoms with van der Waals surface area (Å²) in [6.45, 7) is 21.7. The average Bonchev–Trinajstić information content (AvgIpc) is 2.93. The van der Waals surface area contributed by atoms with Gasteiger partial charge in [-0.1, -0.05) is 150 Å². The fourth-order valence-corrected chi connectivity index (χ4v) is 5.20. The number of rotatable bonds is 15. The van der Waals surface area contributed by atoms with E-state index >= 15 is 0 Å². The van der Waals surface area contributed by atoms with Gasteiger partial charge >= 0.3 is 0 Å². The fourth-order valence-electron chi connectivity index (χ4n) is 5.20. The topological polar surface area (TPSA) is 18.5 Å². The zero-order valence-electron chi connectivity index (χ0n) is 29.8. The molecule has 0 aromatic rings. The van der Waals surface area contributed by atoms with Gasteiger partial charge in [0.05, 0.1) is 12.2 Å². The van der Waals surface area contributed by atoms with Gasteiger partial charge in [-0.25, -0.2) is 0 Å². The Morgan fingerprint density at radius 3 is 1.66 bits per heavy atom. The van der Waals surface area contributed by atoms with Gasteiger partial charge in [-0.2, -0.15) is 0 Å². The van der Waals surface area contributed by atoms with Crippen molar-refractivity contribution in [1.29, 1.82) is 0 Å². The van der Waals surface area contributed by atoms with Crippen molar-refractivity contribution in [3.05, 3.63) is 142 Å². The lowest BCUT2D eigenvalue weighted by Crippen LogP contribution is -2.29. The lowest BCUT2D eigenvalue weighted by molar-refractivity contribution is 0.0627. The molecule has 1 rings (SSSR count). The molecule has 0 N–H and O–H groups in total. The van der Waals surface area contributed by atoms with Crippen molar-refractivity contribution in [3.8, 4) is 0 Å². The molecule has 0 aromatic heterocycles. The summed E-state index contributed by atoms with van der Waals surface area (Å²) in [5.74, 6) is 0. The molecule has 0 aromatic carbocycles. The van der Waals surface area contributed by atoms with E-state index in [9.17, 15) is 0 Å². The van der Waals surface area contributed by atoms with Gasteiger partial charge in [0.15, 0.2) is 0 Å². The minimum Gasteiger partial charge on any atom is -0.381 e. The van der Waals surface area contributed by atoms with Crippen LogP contribution in [0.2, 0.25) is 0 Å². The molecule has 2 unspecified atom stereocenters. The number of ether oxygens (including phenoxy) is 2. The van der Waals surface area contributed by atoms with E-state index in [0.717, 1.165) is 19.3 Å². The third kappa shape index (κ3) is 16.6.